The Balaban J connectivity index is 2.17. The number of phenolic OH excluding ortho intramolecular Hbond substituents is 1. The second-order valence-electron chi connectivity index (χ2n) is 4.48. The van der Waals surface area contributed by atoms with E-state index < -0.39 is 17.3 Å². The molecule has 0 radical (unpaired) electrons. The number of amides is 1. The van der Waals surface area contributed by atoms with E-state index in [0.717, 1.165) is 18.2 Å². The van der Waals surface area contributed by atoms with Gasteiger partial charge in [-0.3, -0.25) is 4.79 Å². The van der Waals surface area contributed by atoms with Crippen LogP contribution in [0.15, 0.2) is 18.2 Å². The fourth-order valence-corrected chi connectivity index (χ4v) is 1.80. The minimum atomic E-state index is -0.555. The molecule has 1 unspecified atom stereocenters. The first-order valence-corrected chi connectivity index (χ1v) is 5.39. The maximum absolute atomic E-state index is 13.0. The van der Waals surface area contributed by atoms with Crippen LogP contribution in [0, 0.1) is 5.82 Å². The predicted molar refractivity (Wildman–Crippen MR) is 59.4 cm³/mol. The summed E-state index contributed by atoms with van der Waals surface area (Å²) in [6.07, 6.45) is 0.703. The van der Waals surface area contributed by atoms with Crippen LogP contribution in [0.4, 0.5) is 4.39 Å². The van der Waals surface area contributed by atoms with Crippen LogP contribution in [0.2, 0.25) is 0 Å². The van der Waals surface area contributed by atoms with Crippen molar-refractivity contribution in [1.82, 2.24) is 5.32 Å². The van der Waals surface area contributed by atoms with E-state index in [2.05, 4.69) is 5.32 Å². The van der Waals surface area contributed by atoms with Gasteiger partial charge in [-0.1, -0.05) is 0 Å². The average Bonchev–Trinajstić information content (AvgIpc) is 2.68. The molecule has 0 spiro atoms. The lowest BCUT2D eigenvalue weighted by atomic mass is 10.0. The molecule has 1 atom stereocenters. The van der Waals surface area contributed by atoms with E-state index in [0.29, 0.717) is 19.6 Å². The molecule has 1 fully saturated rings. The van der Waals surface area contributed by atoms with Gasteiger partial charge in [0.2, 0.25) is 0 Å². The first-order valence-electron chi connectivity index (χ1n) is 5.39. The number of carbonyl (C=O) groups is 1. The van der Waals surface area contributed by atoms with E-state index in [1.807, 2.05) is 6.92 Å². The van der Waals surface area contributed by atoms with Gasteiger partial charge in [0.15, 0.2) is 0 Å². The molecule has 17 heavy (non-hydrogen) atoms. The molecule has 2 rings (SSSR count). The summed E-state index contributed by atoms with van der Waals surface area (Å²) in [5.41, 5.74) is -0.506. The van der Waals surface area contributed by atoms with Crippen LogP contribution in [0.1, 0.15) is 23.7 Å². The van der Waals surface area contributed by atoms with Gasteiger partial charge in [-0.25, -0.2) is 4.39 Å². The highest BCUT2D eigenvalue weighted by atomic mass is 19.1. The summed E-state index contributed by atoms with van der Waals surface area (Å²) in [6.45, 7) is 2.87. The summed E-state index contributed by atoms with van der Waals surface area (Å²) in [5.74, 6) is -1.28. The van der Waals surface area contributed by atoms with Gasteiger partial charge >= 0.3 is 0 Å². The van der Waals surface area contributed by atoms with E-state index in [1.165, 1.54) is 0 Å². The van der Waals surface area contributed by atoms with Gasteiger partial charge in [-0.2, -0.15) is 0 Å². The Labute approximate surface area is 98.4 Å². The van der Waals surface area contributed by atoms with Crippen molar-refractivity contribution in [2.24, 2.45) is 0 Å². The Hall–Kier alpha value is -1.62. The first kappa shape index (κ1) is 11.9. The van der Waals surface area contributed by atoms with Gasteiger partial charge in [-0.05, 0) is 31.5 Å². The fraction of sp³-hybridized carbons (Fsp3) is 0.417. The molecule has 1 aliphatic heterocycles. The topological polar surface area (TPSA) is 58.6 Å². The highest BCUT2D eigenvalue weighted by molar-refractivity contribution is 5.97. The maximum atomic E-state index is 13.0. The Bertz CT molecular complexity index is 441. The molecule has 0 bridgehead atoms. The SMILES string of the molecule is CC1(NC(=O)c2cc(F)ccc2O)CCOC1. The zero-order valence-corrected chi connectivity index (χ0v) is 9.50. The van der Waals surface area contributed by atoms with Crippen molar-refractivity contribution in [3.8, 4) is 5.75 Å². The van der Waals surface area contributed by atoms with Gasteiger partial charge in [0.1, 0.15) is 11.6 Å². The zero-order chi connectivity index (χ0) is 12.5. The number of aromatic hydroxyl groups is 1. The Morgan fingerprint density at radius 3 is 3.00 bits per heavy atom. The number of rotatable bonds is 2. The summed E-state index contributed by atoms with van der Waals surface area (Å²) >= 11 is 0. The minimum Gasteiger partial charge on any atom is -0.507 e. The molecule has 92 valence electrons. The molecular weight excluding hydrogens is 225 g/mol. The molecule has 1 heterocycles. The monoisotopic (exact) mass is 239 g/mol. The van der Waals surface area contributed by atoms with Crippen molar-refractivity contribution in [3.05, 3.63) is 29.6 Å². The number of phenols is 1. The van der Waals surface area contributed by atoms with Gasteiger partial charge < -0.3 is 15.2 Å². The van der Waals surface area contributed by atoms with Crippen LogP contribution in [0.3, 0.4) is 0 Å². The summed E-state index contributed by atoms with van der Waals surface area (Å²) in [6, 6.07) is 3.29. The van der Waals surface area contributed by atoms with E-state index >= 15 is 0 Å². The lowest BCUT2D eigenvalue weighted by Crippen LogP contribution is -2.46. The largest absolute Gasteiger partial charge is 0.507 e. The van der Waals surface area contributed by atoms with Crippen molar-refractivity contribution < 1.29 is 19.0 Å². The molecule has 0 saturated carbocycles. The third-order valence-corrected chi connectivity index (χ3v) is 2.84. The molecule has 0 aliphatic carbocycles. The standard InChI is InChI=1S/C12H14FNO3/c1-12(4-5-17-7-12)14-11(16)9-6-8(13)2-3-10(9)15/h2-3,6,15H,4-5,7H2,1H3,(H,14,16). The summed E-state index contributed by atoms with van der Waals surface area (Å²) in [4.78, 5) is 11.9. The van der Waals surface area contributed by atoms with Crippen LogP contribution in [0.25, 0.3) is 0 Å². The van der Waals surface area contributed by atoms with Gasteiger partial charge in [0.05, 0.1) is 17.7 Å². The normalized spacial score (nSPS) is 23.6. The average molecular weight is 239 g/mol. The van der Waals surface area contributed by atoms with E-state index in [1.54, 1.807) is 0 Å². The Morgan fingerprint density at radius 1 is 1.59 bits per heavy atom. The van der Waals surface area contributed by atoms with Crippen molar-refractivity contribution in [2.45, 2.75) is 18.9 Å². The highest BCUT2D eigenvalue weighted by Crippen LogP contribution is 2.22. The van der Waals surface area contributed by atoms with Crippen LogP contribution < -0.4 is 5.32 Å². The molecule has 4 nitrogen and oxygen atoms in total. The minimum absolute atomic E-state index is 0.0573. The quantitative estimate of drug-likeness (QED) is 0.821. The van der Waals surface area contributed by atoms with Gasteiger partial charge in [0, 0.05) is 6.61 Å². The molecule has 2 N–H and O–H groups in total. The predicted octanol–water partition coefficient (Wildman–Crippen LogP) is 1.44. The molecule has 0 aromatic heterocycles. The first-order chi connectivity index (χ1) is 8.00. The van der Waals surface area contributed by atoms with E-state index in [-0.39, 0.29) is 11.3 Å². The van der Waals surface area contributed by atoms with Gasteiger partial charge in [0.25, 0.3) is 5.91 Å². The third kappa shape index (κ3) is 2.55. The second kappa shape index (κ2) is 4.33. The smallest absolute Gasteiger partial charge is 0.255 e. The lowest BCUT2D eigenvalue weighted by Gasteiger charge is -2.23. The number of hydrogen-bond donors (Lipinski definition) is 2. The molecule has 1 aliphatic rings. The van der Waals surface area contributed by atoms with Crippen molar-refractivity contribution in [3.63, 3.8) is 0 Å². The van der Waals surface area contributed by atoms with E-state index in [9.17, 15) is 14.3 Å². The van der Waals surface area contributed by atoms with Crippen LogP contribution >= 0.6 is 0 Å². The summed E-state index contributed by atoms with van der Waals surface area (Å²) in [7, 11) is 0. The fourth-order valence-electron chi connectivity index (χ4n) is 1.80. The van der Waals surface area contributed by atoms with Crippen LogP contribution in [-0.4, -0.2) is 29.8 Å². The number of carbonyl (C=O) groups excluding carboxylic acids is 1. The molecule has 1 aromatic rings. The van der Waals surface area contributed by atoms with Crippen LogP contribution in [0.5, 0.6) is 5.75 Å². The van der Waals surface area contributed by atoms with E-state index in [4.69, 9.17) is 4.74 Å². The lowest BCUT2D eigenvalue weighted by molar-refractivity contribution is 0.0886. The van der Waals surface area contributed by atoms with Crippen molar-refractivity contribution in [2.75, 3.05) is 13.2 Å². The Kier molecular flexibility index (Phi) is 3.02. The summed E-state index contributed by atoms with van der Waals surface area (Å²) < 4.78 is 18.2. The Morgan fingerprint density at radius 2 is 2.35 bits per heavy atom. The second-order valence-corrected chi connectivity index (χ2v) is 4.48. The number of nitrogens with one attached hydrogen (secondary N) is 1. The number of hydrogen-bond acceptors (Lipinski definition) is 3. The molecule has 5 heteroatoms. The number of ether oxygens (including phenoxy) is 1. The molecule has 1 saturated heterocycles. The number of halogens is 1. The zero-order valence-electron chi connectivity index (χ0n) is 9.50. The van der Waals surface area contributed by atoms with Crippen molar-refractivity contribution in [1.29, 1.82) is 0 Å². The summed E-state index contributed by atoms with van der Waals surface area (Å²) in [5, 5.41) is 12.3. The van der Waals surface area contributed by atoms with Gasteiger partial charge in [-0.15, -0.1) is 0 Å². The highest BCUT2D eigenvalue weighted by Gasteiger charge is 2.32. The number of benzene rings is 1. The third-order valence-electron chi connectivity index (χ3n) is 2.84. The van der Waals surface area contributed by atoms with Crippen LogP contribution in [-0.2, 0) is 4.74 Å². The molecular formula is C12H14FNO3. The molecule has 1 amide bonds. The maximum Gasteiger partial charge on any atom is 0.255 e. The van der Waals surface area contributed by atoms with Crippen molar-refractivity contribution >= 4 is 5.91 Å². The molecule has 1 aromatic carbocycles.